The monoisotopic (exact) mass is 356 g/mol. The third kappa shape index (κ3) is 3.31. The van der Waals surface area contributed by atoms with E-state index < -0.39 is 0 Å². The second-order valence-electron chi connectivity index (χ2n) is 6.55. The Kier molecular flexibility index (Phi) is 4.42. The molecule has 0 aliphatic heterocycles. The predicted octanol–water partition coefficient (Wildman–Crippen LogP) is 4.23. The molecular formula is C22H20N4O. The van der Waals surface area contributed by atoms with E-state index in [-0.39, 0.29) is 11.9 Å². The molecule has 0 radical (unpaired) electrons. The molecule has 0 bridgehead atoms. The van der Waals surface area contributed by atoms with Crippen LogP contribution >= 0.6 is 0 Å². The van der Waals surface area contributed by atoms with Crippen molar-refractivity contribution in [3.8, 4) is 11.3 Å². The van der Waals surface area contributed by atoms with E-state index in [4.69, 9.17) is 0 Å². The molecule has 4 aromatic rings. The molecule has 4 rings (SSSR count). The van der Waals surface area contributed by atoms with E-state index >= 15 is 0 Å². The summed E-state index contributed by atoms with van der Waals surface area (Å²) in [4.78, 5) is 23.4. The number of rotatable bonds is 4. The number of hydrogen-bond donors (Lipinski definition) is 0. The number of fused-ring (bicyclic) bond motifs is 1. The number of pyridine rings is 2. The Bertz CT molecular complexity index is 1070. The molecule has 0 aliphatic carbocycles. The van der Waals surface area contributed by atoms with Gasteiger partial charge in [-0.15, -0.1) is 0 Å². The molecule has 0 fully saturated rings. The second-order valence-corrected chi connectivity index (χ2v) is 6.55. The summed E-state index contributed by atoms with van der Waals surface area (Å²) in [6.45, 7) is 2.01. The summed E-state index contributed by atoms with van der Waals surface area (Å²) in [5.74, 6) is -0.0313. The Morgan fingerprint density at radius 1 is 1.00 bits per heavy atom. The van der Waals surface area contributed by atoms with E-state index in [0.29, 0.717) is 5.56 Å². The standard InChI is InChI=1S/C22H20N4O/c1-16(17-10-12-23-13-11-17)25(2)22(27)19-8-9-21-24-20(15-26(21)14-19)18-6-4-3-5-7-18/h3-16H,1-2H3/t16-/m0/s1. The zero-order valence-corrected chi connectivity index (χ0v) is 15.3. The van der Waals surface area contributed by atoms with Crippen LogP contribution in [0.2, 0.25) is 0 Å². The number of amides is 1. The molecule has 1 amide bonds. The van der Waals surface area contributed by atoms with Crippen LogP contribution in [0.1, 0.15) is 28.9 Å². The summed E-state index contributed by atoms with van der Waals surface area (Å²) >= 11 is 0. The average Bonchev–Trinajstić information content (AvgIpc) is 3.17. The maximum atomic E-state index is 13.0. The lowest BCUT2D eigenvalue weighted by atomic mass is 10.1. The van der Waals surface area contributed by atoms with Gasteiger partial charge in [-0.25, -0.2) is 4.98 Å². The molecule has 0 saturated carbocycles. The SMILES string of the molecule is C[C@@H](c1ccncc1)N(C)C(=O)c1ccc2nc(-c3ccccc3)cn2c1. The van der Waals surface area contributed by atoms with E-state index in [9.17, 15) is 4.79 Å². The summed E-state index contributed by atoms with van der Waals surface area (Å²) in [5.41, 5.74) is 4.44. The molecule has 5 heteroatoms. The minimum atomic E-state index is -0.0427. The second kappa shape index (κ2) is 7.03. The largest absolute Gasteiger partial charge is 0.335 e. The lowest BCUT2D eigenvalue weighted by Crippen LogP contribution is -2.29. The lowest BCUT2D eigenvalue weighted by molar-refractivity contribution is 0.0742. The van der Waals surface area contributed by atoms with Gasteiger partial charge in [0.05, 0.1) is 17.3 Å². The van der Waals surface area contributed by atoms with E-state index in [1.165, 1.54) is 0 Å². The Morgan fingerprint density at radius 2 is 1.74 bits per heavy atom. The van der Waals surface area contributed by atoms with Crippen molar-refractivity contribution >= 4 is 11.6 Å². The number of imidazole rings is 1. The first kappa shape index (κ1) is 17.0. The predicted molar refractivity (Wildman–Crippen MR) is 105 cm³/mol. The zero-order chi connectivity index (χ0) is 18.8. The number of aromatic nitrogens is 3. The van der Waals surface area contributed by atoms with E-state index in [1.807, 2.05) is 85.4 Å². The average molecular weight is 356 g/mol. The number of carbonyl (C=O) groups excluding carboxylic acids is 1. The highest BCUT2D eigenvalue weighted by Crippen LogP contribution is 2.22. The van der Waals surface area contributed by atoms with Gasteiger partial charge in [0.15, 0.2) is 0 Å². The third-order valence-electron chi connectivity index (χ3n) is 4.86. The van der Waals surface area contributed by atoms with Crippen LogP contribution in [0.15, 0.2) is 79.4 Å². The molecule has 0 saturated heterocycles. The van der Waals surface area contributed by atoms with Crippen LogP contribution in [0.25, 0.3) is 16.9 Å². The van der Waals surface area contributed by atoms with E-state index in [1.54, 1.807) is 17.3 Å². The minimum absolute atomic E-state index is 0.0313. The highest BCUT2D eigenvalue weighted by Gasteiger charge is 2.19. The smallest absolute Gasteiger partial charge is 0.255 e. The maximum Gasteiger partial charge on any atom is 0.255 e. The zero-order valence-electron chi connectivity index (χ0n) is 15.3. The molecule has 3 aromatic heterocycles. The third-order valence-corrected chi connectivity index (χ3v) is 4.86. The first-order valence-electron chi connectivity index (χ1n) is 8.85. The molecule has 0 N–H and O–H groups in total. The van der Waals surface area contributed by atoms with Crippen LogP contribution < -0.4 is 0 Å². The summed E-state index contributed by atoms with van der Waals surface area (Å²) in [6.07, 6.45) is 7.28. The maximum absolute atomic E-state index is 13.0. The van der Waals surface area contributed by atoms with Crippen LogP contribution in [-0.2, 0) is 0 Å². The van der Waals surface area contributed by atoms with Crippen LogP contribution in [0.3, 0.4) is 0 Å². The molecule has 1 aromatic carbocycles. The van der Waals surface area contributed by atoms with Crippen molar-refractivity contribution in [2.24, 2.45) is 0 Å². The first-order valence-corrected chi connectivity index (χ1v) is 8.85. The molecule has 134 valence electrons. The highest BCUT2D eigenvalue weighted by molar-refractivity contribution is 5.94. The number of benzene rings is 1. The Morgan fingerprint density at radius 3 is 2.48 bits per heavy atom. The Hall–Kier alpha value is -3.47. The van der Waals surface area contributed by atoms with Gasteiger partial charge >= 0.3 is 0 Å². The fourth-order valence-corrected chi connectivity index (χ4v) is 3.11. The van der Waals surface area contributed by atoms with E-state index in [0.717, 1.165) is 22.5 Å². The number of carbonyl (C=O) groups is 1. The van der Waals surface area contributed by atoms with Gasteiger partial charge < -0.3 is 9.30 Å². The number of hydrogen-bond acceptors (Lipinski definition) is 3. The van der Waals surface area contributed by atoms with Gasteiger partial charge in [0.2, 0.25) is 0 Å². The van der Waals surface area contributed by atoms with Gasteiger partial charge in [0.1, 0.15) is 5.65 Å². The quantitative estimate of drug-likeness (QED) is 0.550. The molecule has 1 atom stereocenters. The topological polar surface area (TPSA) is 50.5 Å². The van der Waals surface area contributed by atoms with Gasteiger partial charge in [0.25, 0.3) is 5.91 Å². The van der Waals surface area contributed by atoms with Crippen LogP contribution in [0.4, 0.5) is 0 Å². The Labute approximate surface area is 157 Å². The normalized spacial score (nSPS) is 12.1. The lowest BCUT2D eigenvalue weighted by Gasteiger charge is -2.25. The summed E-state index contributed by atoms with van der Waals surface area (Å²) < 4.78 is 1.90. The summed E-state index contributed by atoms with van der Waals surface area (Å²) in [7, 11) is 1.82. The van der Waals surface area contributed by atoms with Crippen molar-refractivity contribution in [1.29, 1.82) is 0 Å². The first-order chi connectivity index (χ1) is 13.1. The van der Waals surface area contributed by atoms with Gasteiger partial charge in [-0.3, -0.25) is 9.78 Å². The fourth-order valence-electron chi connectivity index (χ4n) is 3.11. The van der Waals surface area contributed by atoms with Gasteiger partial charge in [-0.1, -0.05) is 30.3 Å². The summed E-state index contributed by atoms with van der Waals surface area (Å²) in [5, 5.41) is 0. The van der Waals surface area contributed by atoms with Crippen LogP contribution in [0, 0.1) is 0 Å². The number of nitrogens with zero attached hydrogens (tertiary/aromatic N) is 4. The van der Waals surface area contributed by atoms with Gasteiger partial charge in [-0.2, -0.15) is 0 Å². The van der Waals surface area contributed by atoms with Crippen molar-refractivity contribution in [3.05, 3.63) is 90.5 Å². The molecular weight excluding hydrogens is 336 g/mol. The molecule has 3 heterocycles. The summed E-state index contributed by atoms with van der Waals surface area (Å²) in [6, 6.07) is 17.5. The highest BCUT2D eigenvalue weighted by atomic mass is 16.2. The van der Waals surface area contributed by atoms with Crippen molar-refractivity contribution in [1.82, 2.24) is 19.3 Å². The van der Waals surface area contributed by atoms with E-state index in [2.05, 4.69) is 9.97 Å². The molecule has 0 aliphatic rings. The molecule has 5 nitrogen and oxygen atoms in total. The van der Waals surface area contributed by atoms with Crippen molar-refractivity contribution < 1.29 is 4.79 Å². The van der Waals surface area contributed by atoms with Gasteiger partial charge in [0, 0.05) is 37.4 Å². The van der Waals surface area contributed by atoms with Crippen molar-refractivity contribution in [3.63, 3.8) is 0 Å². The van der Waals surface area contributed by atoms with Crippen LogP contribution in [0.5, 0.6) is 0 Å². The molecule has 0 unspecified atom stereocenters. The Balaban J connectivity index is 1.62. The van der Waals surface area contributed by atoms with Crippen molar-refractivity contribution in [2.75, 3.05) is 7.05 Å². The minimum Gasteiger partial charge on any atom is -0.335 e. The fraction of sp³-hybridized carbons (Fsp3) is 0.136. The molecule has 27 heavy (non-hydrogen) atoms. The van der Waals surface area contributed by atoms with Crippen molar-refractivity contribution in [2.45, 2.75) is 13.0 Å². The van der Waals surface area contributed by atoms with Crippen LogP contribution in [-0.4, -0.2) is 32.2 Å². The van der Waals surface area contributed by atoms with Gasteiger partial charge in [-0.05, 0) is 36.8 Å². The molecule has 0 spiro atoms.